The van der Waals surface area contributed by atoms with Crippen molar-refractivity contribution in [1.29, 1.82) is 0 Å². The molecule has 8 rings (SSSR count). The van der Waals surface area contributed by atoms with E-state index in [0.717, 1.165) is 32.1 Å². The first-order valence-electron chi connectivity index (χ1n) is 20.5. The Morgan fingerprint density at radius 3 is 2.25 bits per heavy atom. The highest BCUT2D eigenvalue weighted by Gasteiger charge is 2.58. The Morgan fingerprint density at radius 2 is 1.51 bits per heavy atom. The van der Waals surface area contributed by atoms with E-state index < -0.39 is 67.4 Å². The lowest BCUT2D eigenvalue weighted by atomic mass is 9.55. The minimum atomic E-state index is -0.866. The lowest BCUT2D eigenvalue weighted by Gasteiger charge is -2.50. The minimum absolute atomic E-state index is 0.0253. The average molecular weight is 779 g/mol. The number of hydrogen-bond acceptors (Lipinski definition) is 14. The minimum Gasteiger partial charge on any atom is -0.469 e. The molecule has 14 heteroatoms. The van der Waals surface area contributed by atoms with E-state index in [1.165, 1.54) is 11.1 Å². The maximum Gasteiger partial charge on any atom is 0.309 e. The second-order valence-electron chi connectivity index (χ2n) is 17.6. The van der Waals surface area contributed by atoms with Gasteiger partial charge < -0.3 is 62.3 Å². The van der Waals surface area contributed by atoms with E-state index in [2.05, 4.69) is 13.0 Å². The average Bonchev–Trinajstić information content (AvgIpc) is 3.66. The number of fused-ring (bicyclic) bond motifs is 3. The third-order valence-electron chi connectivity index (χ3n) is 14.2. The fraction of sp³-hybridized carbons (Fsp3) is 0.878. The van der Waals surface area contributed by atoms with Gasteiger partial charge in [0.2, 0.25) is 5.79 Å². The highest BCUT2D eigenvalue weighted by atomic mass is 16.7. The van der Waals surface area contributed by atoms with Crippen molar-refractivity contribution in [2.24, 2.45) is 23.2 Å². The zero-order chi connectivity index (χ0) is 38.8. The van der Waals surface area contributed by atoms with Crippen LogP contribution >= 0.6 is 0 Å². The first kappa shape index (κ1) is 40.1. The zero-order valence-electron chi connectivity index (χ0n) is 33.3. The van der Waals surface area contributed by atoms with Crippen molar-refractivity contribution < 1.29 is 67.1 Å². The van der Waals surface area contributed by atoms with Gasteiger partial charge in [-0.2, -0.15) is 0 Å². The second kappa shape index (κ2) is 15.8. The number of carbonyl (C=O) groups is 1. The molecule has 0 spiro atoms. The molecule has 0 aromatic heterocycles. The van der Waals surface area contributed by atoms with Gasteiger partial charge in [-0.1, -0.05) is 18.6 Å². The number of rotatable bonds is 8. The first-order chi connectivity index (χ1) is 26.3. The van der Waals surface area contributed by atoms with Crippen molar-refractivity contribution >= 4 is 5.97 Å². The fourth-order valence-electron chi connectivity index (χ4n) is 11.0. The van der Waals surface area contributed by atoms with Gasteiger partial charge in [-0.05, 0) is 76.2 Å². The summed E-state index contributed by atoms with van der Waals surface area (Å²) in [7, 11) is 3.22. The van der Waals surface area contributed by atoms with E-state index >= 15 is 0 Å². The topological polar surface area (TPSA) is 159 Å². The van der Waals surface area contributed by atoms with Crippen LogP contribution in [0.5, 0.6) is 0 Å². The molecule has 5 saturated heterocycles. The lowest BCUT2D eigenvalue weighted by molar-refractivity contribution is -0.337. The quantitative estimate of drug-likeness (QED) is 0.269. The van der Waals surface area contributed by atoms with Crippen molar-refractivity contribution in [3.8, 4) is 0 Å². The van der Waals surface area contributed by atoms with Crippen LogP contribution in [0.25, 0.3) is 0 Å². The number of allylic oxidation sites excluding steroid dienone is 1. The van der Waals surface area contributed by atoms with Gasteiger partial charge in [0.15, 0.2) is 18.9 Å². The Kier molecular flexibility index (Phi) is 11.5. The number of ether oxygens (including phenoxy) is 11. The molecule has 0 aromatic rings. The number of aliphatic hydroxyl groups excluding tert-OH is 2. The molecular formula is C41H62O14. The molecule has 8 aliphatic rings. The maximum atomic E-state index is 13.7. The molecule has 14 nitrogen and oxygen atoms in total. The molecule has 0 aromatic carbocycles. The normalized spacial score (nSPS) is 51.2. The van der Waals surface area contributed by atoms with Gasteiger partial charge in [-0.25, -0.2) is 0 Å². The van der Waals surface area contributed by atoms with Gasteiger partial charge in [0.05, 0.1) is 67.4 Å². The number of aliphatic hydroxyl groups is 2. The standard InChI is InChI=1S/C41H62O14/c1-20-36(43)29(45-6)16-34(49-20)54-37-21(2)50-32(15-28(37)42)55-38-22(3)51-33(17-30(38)46-7)52-25-12-13-40(4)24(14-25)9-10-26-27(40)11-8-23-18-47-41(5)35(23)31(19-48-41)53-39(26)44/h9,18,20-22,25-38,42-43H,8,10-17,19H2,1-7H3/t20-,21-,22-,25+,26-,27+,28+,29-,30-,31?,32?,33+,34?,35-,36-,37-,38-,40+,41+/m1/s1. The van der Waals surface area contributed by atoms with Crippen LogP contribution in [0.1, 0.15) is 92.4 Å². The van der Waals surface area contributed by atoms with Crippen LogP contribution in [0.2, 0.25) is 0 Å². The molecule has 0 amide bonds. The highest BCUT2D eigenvalue weighted by molar-refractivity contribution is 5.74. The molecule has 6 heterocycles. The smallest absolute Gasteiger partial charge is 0.309 e. The van der Waals surface area contributed by atoms with E-state index in [1.807, 2.05) is 27.0 Å². The summed E-state index contributed by atoms with van der Waals surface area (Å²) in [5.41, 5.74) is 2.42. The first-order valence-corrected chi connectivity index (χ1v) is 20.5. The predicted molar refractivity (Wildman–Crippen MR) is 193 cm³/mol. The van der Waals surface area contributed by atoms with Crippen LogP contribution < -0.4 is 0 Å². The van der Waals surface area contributed by atoms with Crippen LogP contribution in [0.4, 0.5) is 0 Å². The van der Waals surface area contributed by atoms with Crippen LogP contribution in [0.15, 0.2) is 23.5 Å². The number of hydrogen-bond donors (Lipinski definition) is 2. The fourth-order valence-corrected chi connectivity index (χ4v) is 11.0. The molecule has 1 saturated carbocycles. The van der Waals surface area contributed by atoms with E-state index in [4.69, 9.17) is 52.1 Å². The van der Waals surface area contributed by atoms with Crippen LogP contribution in [-0.2, 0) is 56.9 Å². The van der Waals surface area contributed by atoms with Crippen LogP contribution in [0, 0.1) is 23.2 Å². The molecule has 55 heavy (non-hydrogen) atoms. The number of methoxy groups -OCH3 is 2. The van der Waals surface area contributed by atoms with E-state index in [0.29, 0.717) is 25.9 Å². The van der Waals surface area contributed by atoms with Gasteiger partial charge in [0, 0.05) is 40.4 Å². The molecule has 6 aliphatic heterocycles. The summed E-state index contributed by atoms with van der Waals surface area (Å²) in [6.45, 7) is 10.2. The van der Waals surface area contributed by atoms with E-state index in [9.17, 15) is 15.0 Å². The molecular weight excluding hydrogens is 716 g/mol. The summed E-state index contributed by atoms with van der Waals surface area (Å²) >= 11 is 0. The third-order valence-corrected chi connectivity index (χ3v) is 14.2. The van der Waals surface area contributed by atoms with Crippen molar-refractivity contribution in [1.82, 2.24) is 0 Å². The SMILES string of the molecule is CO[C@@H]1CC(O[C@H]2[C@@H](O)CC(O[C@@H]3[C@@H](C)O[C@@H](O[C@H]4CC[C@@]5(C)C(=CC[C@H]6C(=O)OC7CO[C@]8(C)OC=C(CC[C@@H]65)[C@H]78)C4)C[C@H]3OC)O[C@@H]2C)O[C@H](C)[C@H]1O. The zero-order valence-corrected chi connectivity index (χ0v) is 33.3. The molecule has 2 N–H and O–H groups in total. The predicted octanol–water partition coefficient (Wildman–Crippen LogP) is 4.03. The van der Waals surface area contributed by atoms with Crippen LogP contribution in [-0.4, -0.2) is 129 Å². The van der Waals surface area contributed by atoms with Crippen molar-refractivity contribution in [2.75, 3.05) is 20.8 Å². The van der Waals surface area contributed by atoms with Gasteiger partial charge in [-0.15, -0.1) is 0 Å². The van der Waals surface area contributed by atoms with E-state index in [-0.39, 0.29) is 60.0 Å². The maximum absolute atomic E-state index is 13.7. The van der Waals surface area contributed by atoms with Crippen LogP contribution in [0.3, 0.4) is 0 Å². The summed E-state index contributed by atoms with van der Waals surface area (Å²) in [5, 5.41) is 21.5. The Morgan fingerprint density at radius 1 is 0.836 bits per heavy atom. The van der Waals surface area contributed by atoms with Gasteiger partial charge in [0.25, 0.3) is 0 Å². The molecule has 310 valence electrons. The summed E-state index contributed by atoms with van der Waals surface area (Å²) in [4.78, 5) is 13.7. The van der Waals surface area contributed by atoms with Gasteiger partial charge in [0.1, 0.15) is 24.4 Å². The largest absolute Gasteiger partial charge is 0.469 e. The van der Waals surface area contributed by atoms with E-state index in [1.54, 1.807) is 21.1 Å². The number of esters is 1. The third kappa shape index (κ3) is 7.56. The molecule has 3 unspecified atom stereocenters. The Labute approximate surface area is 324 Å². The summed E-state index contributed by atoms with van der Waals surface area (Å²) in [6.07, 6.45) is 3.21. The summed E-state index contributed by atoms with van der Waals surface area (Å²) < 4.78 is 67.3. The second-order valence-corrected chi connectivity index (χ2v) is 17.6. The molecule has 2 aliphatic carbocycles. The summed E-state index contributed by atoms with van der Waals surface area (Å²) in [6, 6.07) is 0. The lowest BCUT2D eigenvalue weighted by Crippen LogP contribution is -2.56. The molecule has 0 bridgehead atoms. The number of carbonyl (C=O) groups excluding carboxylic acids is 1. The van der Waals surface area contributed by atoms with Gasteiger partial charge >= 0.3 is 5.97 Å². The monoisotopic (exact) mass is 778 g/mol. The Hall–Kier alpha value is -1.69. The van der Waals surface area contributed by atoms with Crippen molar-refractivity contribution in [3.63, 3.8) is 0 Å². The Balaban J connectivity index is 0.851. The van der Waals surface area contributed by atoms with Gasteiger partial charge in [-0.3, -0.25) is 4.79 Å². The molecule has 19 atom stereocenters. The van der Waals surface area contributed by atoms with Crippen molar-refractivity contribution in [2.45, 2.75) is 184 Å². The Bertz CT molecular complexity index is 1440. The summed E-state index contributed by atoms with van der Waals surface area (Å²) in [5.74, 6) is -0.920. The molecule has 0 radical (unpaired) electrons. The van der Waals surface area contributed by atoms with Crippen molar-refractivity contribution in [3.05, 3.63) is 23.5 Å². The highest BCUT2D eigenvalue weighted by Crippen LogP contribution is 2.57. The molecule has 6 fully saturated rings.